The summed E-state index contributed by atoms with van der Waals surface area (Å²) >= 11 is 0. The van der Waals surface area contributed by atoms with E-state index < -0.39 is 0 Å². The van der Waals surface area contributed by atoms with Crippen molar-refractivity contribution < 1.29 is 9.32 Å². The van der Waals surface area contributed by atoms with Crippen molar-refractivity contribution in [2.24, 2.45) is 0 Å². The van der Waals surface area contributed by atoms with E-state index in [1.807, 2.05) is 13.8 Å². The van der Waals surface area contributed by atoms with Gasteiger partial charge in [0.25, 0.3) is 11.5 Å². The first-order valence-electron chi connectivity index (χ1n) is 6.69. The molecule has 0 saturated heterocycles. The van der Waals surface area contributed by atoms with Gasteiger partial charge in [0.05, 0.1) is 6.54 Å². The number of aromatic nitrogens is 3. The Hall–Kier alpha value is -2.44. The number of aryl methyl sites for hydroxylation is 2. The standard InChI is InChI=1S/C14H18N4O3/c1-5-18-9(2)6-7-11(14(18)20)13(19)17(4)8-12-15-10(3)16-21-12/h6-7H,5,8H2,1-4H3. The highest BCUT2D eigenvalue weighted by molar-refractivity contribution is 5.93. The maximum absolute atomic E-state index is 12.4. The average molecular weight is 290 g/mol. The fourth-order valence-corrected chi connectivity index (χ4v) is 2.11. The van der Waals surface area contributed by atoms with Crippen LogP contribution in [0.4, 0.5) is 0 Å². The van der Waals surface area contributed by atoms with E-state index in [1.165, 1.54) is 4.90 Å². The molecule has 7 heteroatoms. The van der Waals surface area contributed by atoms with Crippen LogP contribution in [0.3, 0.4) is 0 Å². The monoisotopic (exact) mass is 290 g/mol. The Morgan fingerprint density at radius 2 is 2.10 bits per heavy atom. The quantitative estimate of drug-likeness (QED) is 0.843. The predicted molar refractivity (Wildman–Crippen MR) is 75.9 cm³/mol. The zero-order valence-electron chi connectivity index (χ0n) is 12.6. The van der Waals surface area contributed by atoms with Gasteiger partial charge in [0.2, 0.25) is 5.89 Å². The summed E-state index contributed by atoms with van der Waals surface area (Å²) in [6.07, 6.45) is 0. The smallest absolute Gasteiger partial charge is 0.263 e. The SMILES string of the molecule is CCn1c(C)ccc(C(=O)N(C)Cc2nc(C)no2)c1=O. The van der Waals surface area contributed by atoms with Crippen LogP contribution >= 0.6 is 0 Å². The molecule has 0 N–H and O–H groups in total. The molecule has 0 atom stereocenters. The van der Waals surface area contributed by atoms with Crippen molar-refractivity contribution in [3.63, 3.8) is 0 Å². The van der Waals surface area contributed by atoms with Crippen LogP contribution in [-0.2, 0) is 13.1 Å². The Morgan fingerprint density at radius 3 is 2.67 bits per heavy atom. The van der Waals surface area contributed by atoms with Gasteiger partial charge in [-0.05, 0) is 32.9 Å². The minimum Gasteiger partial charge on any atom is -0.337 e. The number of amides is 1. The van der Waals surface area contributed by atoms with Crippen LogP contribution in [0, 0.1) is 13.8 Å². The molecular formula is C14H18N4O3. The molecule has 2 heterocycles. The van der Waals surface area contributed by atoms with Crippen LogP contribution in [0.1, 0.15) is 34.7 Å². The van der Waals surface area contributed by atoms with Crippen LogP contribution in [0.25, 0.3) is 0 Å². The first kappa shape index (κ1) is 15.0. The lowest BCUT2D eigenvalue weighted by Gasteiger charge is -2.16. The van der Waals surface area contributed by atoms with Crippen LogP contribution in [0.5, 0.6) is 0 Å². The number of hydrogen-bond acceptors (Lipinski definition) is 5. The third-order valence-corrected chi connectivity index (χ3v) is 3.23. The van der Waals surface area contributed by atoms with Gasteiger partial charge in [0.1, 0.15) is 5.56 Å². The molecule has 0 unspecified atom stereocenters. The van der Waals surface area contributed by atoms with Crippen molar-refractivity contribution in [3.8, 4) is 0 Å². The molecule has 0 fully saturated rings. The highest BCUT2D eigenvalue weighted by Gasteiger charge is 2.19. The summed E-state index contributed by atoms with van der Waals surface area (Å²) in [4.78, 5) is 30.1. The van der Waals surface area contributed by atoms with Gasteiger partial charge >= 0.3 is 0 Å². The normalized spacial score (nSPS) is 10.7. The number of carbonyl (C=O) groups is 1. The van der Waals surface area contributed by atoms with Crippen molar-refractivity contribution >= 4 is 5.91 Å². The van der Waals surface area contributed by atoms with E-state index in [2.05, 4.69) is 10.1 Å². The van der Waals surface area contributed by atoms with Crippen LogP contribution < -0.4 is 5.56 Å². The second kappa shape index (κ2) is 5.90. The van der Waals surface area contributed by atoms with Crippen LogP contribution in [0.2, 0.25) is 0 Å². The molecule has 2 aromatic heterocycles. The highest BCUT2D eigenvalue weighted by atomic mass is 16.5. The average Bonchev–Trinajstić information content (AvgIpc) is 2.84. The summed E-state index contributed by atoms with van der Waals surface area (Å²) in [6, 6.07) is 3.32. The molecule has 7 nitrogen and oxygen atoms in total. The molecule has 0 aromatic carbocycles. The molecule has 0 aliphatic rings. The molecule has 1 amide bonds. The topological polar surface area (TPSA) is 81.2 Å². The fraction of sp³-hybridized carbons (Fsp3) is 0.429. The number of pyridine rings is 1. The second-order valence-electron chi connectivity index (χ2n) is 4.83. The predicted octanol–water partition coefficient (Wildman–Crippen LogP) is 1.14. The van der Waals surface area contributed by atoms with Crippen molar-refractivity contribution in [1.82, 2.24) is 19.6 Å². The number of hydrogen-bond donors (Lipinski definition) is 0. The van der Waals surface area contributed by atoms with E-state index in [4.69, 9.17) is 4.52 Å². The van der Waals surface area contributed by atoms with Gasteiger partial charge in [-0.2, -0.15) is 4.98 Å². The van der Waals surface area contributed by atoms with Crippen molar-refractivity contribution in [1.29, 1.82) is 0 Å². The number of nitrogens with zero attached hydrogens (tertiary/aromatic N) is 4. The molecule has 2 rings (SSSR count). The third-order valence-electron chi connectivity index (χ3n) is 3.23. The zero-order valence-corrected chi connectivity index (χ0v) is 12.6. The third kappa shape index (κ3) is 3.01. The Kier molecular flexibility index (Phi) is 4.21. The molecule has 2 aromatic rings. The van der Waals surface area contributed by atoms with Gasteiger partial charge in [0.15, 0.2) is 5.82 Å². The molecule has 21 heavy (non-hydrogen) atoms. The van der Waals surface area contributed by atoms with Crippen molar-refractivity contribution in [3.05, 3.63) is 45.5 Å². The Bertz CT molecular complexity index is 717. The Labute approximate surface area is 122 Å². The highest BCUT2D eigenvalue weighted by Crippen LogP contribution is 2.06. The number of rotatable bonds is 4. The van der Waals surface area contributed by atoms with Gasteiger partial charge in [0, 0.05) is 19.3 Å². The first-order chi connectivity index (χ1) is 9.93. The molecule has 0 saturated carbocycles. The van der Waals surface area contributed by atoms with Gasteiger partial charge in [-0.1, -0.05) is 5.16 Å². The summed E-state index contributed by atoms with van der Waals surface area (Å²) in [5.41, 5.74) is 0.687. The second-order valence-corrected chi connectivity index (χ2v) is 4.83. The van der Waals surface area contributed by atoms with E-state index in [9.17, 15) is 9.59 Å². The minimum atomic E-state index is -0.363. The molecule has 0 aliphatic carbocycles. The summed E-state index contributed by atoms with van der Waals surface area (Å²) < 4.78 is 6.54. The Morgan fingerprint density at radius 1 is 1.38 bits per heavy atom. The zero-order chi connectivity index (χ0) is 15.6. The van der Waals surface area contributed by atoms with E-state index in [0.29, 0.717) is 18.3 Å². The van der Waals surface area contributed by atoms with Gasteiger partial charge in [-0.3, -0.25) is 9.59 Å². The minimum absolute atomic E-state index is 0.140. The van der Waals surface area contributed by atoms with Gasteiger partial charge < -0.3 is 14.0 Å². The lowest BCUT2D eigenvalue weighted by atomic mass is 10.2. The summed E-state index contributed by atoms with van der Waals surface area (Å²) in [5.74, 6) is 0.485. The maximum Gasteiger partial charge on any atom is 0.263 e. The van der Waals surface area contributed by atoms with E-state index in [-0.39, 0.29) is 23.6 Å². The lowest BCUT2D eigenvalue weighted by Crippen LogP contribution is -2.34. The summed E-state index contributed by atoms with van der Waals surface area (Å²) in [5, 5.41) is 3.67. The molecule has 112 valence electrons. The maximum atomic E-state index is 12.4. The summed E-state index contributed by atoms with van der Waals surface area (Å²) in [6.45, 7) is 6.10. The molecular weight excluding hydrogens is 272 g/mol. The lowest BCUT2D eigenvalue weighted by molar-refractivity contribution is 0.0767. The van der Waals surface area contributed by atoms with E-state index in [0.717, 1.165) is 5.69 Å². The number of carbonyl (C=O) groups excluding carboxylic acids is 1. The molecule has 0 radical (unpaired) electrons. The largest absolute Gasteiger partial charge is 0.337 e. The molecule has 0 bridgehead atoms. The van der Waals surface area contributed by atoms with Crippen molar-refractivity contribution in [2.45, 2.75) is 33.9 Å². The van der Waals surface area contributed by atoms with E-state index in [1.54, 1.807) is 30.7 Å². The first-order valence-corrected chi connectivity index (χ1v) is 6.69. The molecule has 0 spiro atoms. The van der Waals surface area contributed by atoms with Gasteiger partial charge in [-0.15, -0.1) is 0 Å². The van der Waals surface area contributed by atoms with Crippen molar-refractivity contribution in [2.75, 3.05) is 7.05 Å². The molecule has 0 aliphatic heterocycles. The van der Waals surface area contributed by atoms with Gasteiger partial charge in [-0.25, -0.2) is 0 Å². The Balaban J connectivity index is 2.25. The van der Waals surface area contributed by atoms with Crippen LogP contribution in [-0.4, -0.2) is 32.6 Å². The fourth-order valence-electron chi connectivity index (χ4n) is 2.11. The summed E-state index contributed by atoms with van der Waals surface area (Å²) in [7, 11) is 1.59. The van der Waals surface area contributed by atoms with E-state index >= 15 is 0 Å². The van der Waals surface area contributed by atoms with Crippen LogP contribution in [0.15, 0.2) is 21.5 Å².